The number of piperazine rings is 1. The Bertz CT molecular complexity index is 903. The van der Waals surface area contributed by atoms with Crippen LogP contribution >= 0.6 is 0 Å². The van der Waals surface area contributed by atoms with Crippen molar-refractivity contribution < 1.29 is 18.0 Å². The van der Waals surface area contributed by atoms with Gasteiger partial charge in [0, 0.05) is 44.0 Å². The number of aryl methyl sites for hydroxylation is 2. The fraction of sp³-hybridized carbons (Fsp3) is 0.435. The highest BCUT2D eigenvalue weighted by Gasteiger charge is 2.34. The average Bonchev–Trinajstić information content (AvgIpc) is 2.70. The Kier molecular flexibility index (Phi) is 6.83. The van der Waals surface area contributed by atoms with Crippen molar-refractivity contribution in [1.82, 2.24) is 9.80 Å². The third kappa shape index (κ3) is 5.40. The summed E-state index contributed by atoms with van der Waals surface area (Å²) in [5.41, 5.74) is 2.24. The van der Waals surface area contributed by atoms with Crippen LogP contribution in [0.2, 0.25) is 0 Å². The maximum Gasteiger partial charge on any atom is 0.416 e. The first-order chi connectivity index (χ1) is 14.2. The summed E-state index contributed by atoms with van der Waals surface area (Å²) in [5, 5.41) is 2.72. The van der Waals surface area contributed by atoms with E-state index in [1.54, 1.807) is 6.07 Å². The standard InChI is InChI=1S/C23H28F3N3O/c1-4-17-13-20(8-5-16(17)2)27-22(30)18-6-7-19(21(14-18)23(24,25)26)15-29-11-9-28(3)10-12-29/h5-8,13-14H,4,9-12,15H2,1-3H3,(H,27,30). The minimum Gasteiger partial charge on any atom is -0.322 e. The number of likely N-dealkylation sites (N-methyl/N-ethyl adjacent to an activating group) is 1. The summed E-state index contributed by atoms with van der Waals surface area (Å²) >= 11 is 0. The van der Waals surface area contributed by atoms with Gasteiger partial charge in [-0.15, -0.1) is 0 Å². The second-order valence-electron chi connectivity index (χ2n) is 7.90. The van der Waals surface area contributed by atoms with E-state index in [0.717, 1.165) is 49.8 Å². The second-order valence-corrected chi connectivity index (χ2v) is 7.90. The predicted molar refractivity (Wildman–Crippen MR) is 113 cm³/mol. The lowest BCUT2D eigenvalue weighted by atomic mass is 10.0. The Labute approximate surface area is 175 Å². The van der Waals surface area contributed by atoms with Crippen LogP contribution in [0.15, 0.2) is 36.4 Å². The monoisotopic (exact) mass is 419 g/mol. The van der Waals surface area contributed by atoms with E-state index in [-0.39, 0.29) is 17.7 Å². The molecule has 1 amide bonds. The van der Waals surface area contributed by atoms with Crippen LogP contribution in [0.3, 0.4) is 0 Å². The zero-order valence-electron chi connectivity index (χ0n) is 17.6. The fourth-order valence-corrected chi connectivity index (χ4v) is 3.70. The summed E-state index contributed by atoms with van der Waals surface area (Å²) in [4.78, 5) is 16.8. The zero-order valence-corrected chi connectivity index (χ0v) is 17.6. The van der Waals surface area contributed by atoms with Crippen LogP contribution in [0.4, 0.5) is 18.9 Å². The molecule has 1 aliphatic rings. The van der Waals surface area contributed by atoms with Gasteiger partial charge >= 0.3 is 6.18 Å². The molecule has 3 rings (SSSR count). The molecule has 0 saturated carbocycles. The molecule has 0 radical (unpaired) electrons. The van der Waals surface area contributed by atoms with Gasteiger partial charge in [-0.05, 0) is 61.3 Å². The molecule has 1 aliphatic heterocycles. The molecule has 4 nitrogen and oxygen atoms in total. The van der Waals surface area contributed by atoms with Crippen LogP contribution in [0.25, 0.3) is 0 Å². The number of halogens is 3. The topological polar surface area (TPSA) is 35.6 Å². The molecule has 2 aromatic rings. The first kappa shape index (κ1) is 22.3. The molecule has 1 N–H and O–H groups in total. The van der Waals surface area contributed by atoms with Crippen LogP contribution in [-0.2, 0) is 19.1 Å². The SMILES string of the molecule is CCc1cc(NC(=O)c2ccc(CN3CCN(C)CC3)c(C(F)(F)F)c2)ccc1C. The van der Waals surface area contributed by atoms with E-state index in [0.29, 0.717) is 5.69 Å². The van der Waals surface area contributed by atoms with Gasteiger partial charge in [0.05, 0.1) is 5.56 Å². The van der Waals surface area contributed by atoms with Crippen molar-refractivity contribution in [2.45, 2.75) is 33.0 Å². The van der Waals surface area contributed by atoms with Gasteiger partial charge < -0.3 is 10.2 Å². The van der Waals surface area contributed by atoms with Crippen LogP contribution in [-0.4, -0.2) is 48.9 Å². The number of alkyl halides is 3. The van der Waals surface area contributed by atoms with Gasteiger partial charge in [-0.25, -0.2) is 0 Å². The van der Waals surface area contributed by atoms with Crippen LogP contribution in [0.1, 0.15) is 39.5 Å². The highest BCUT2D eigenvalue weighted by Crippen LogP contribution is 2.33. The van der Waals surface area contributed by atoms with E-state index < -0.39 is 17.6 Å². The van der Waals surface area contributed by atoms with Gasteiger partial charge in [-0.2, -0.15) is 13.2 Å². The average molecular weight is 419 g/mol. The molecule has 0 aromatic heterocycles. The molecule has 0 unspecified atom stereocenters. The zero-order chi connectivity index (χ0) is 21.9. The Balaban J connectivity index is 1.81. The minimum absolute atomic E-state index is 0.00285. The number of anilines is 1. The molecule has 0 atom stereocenters. The van der Waals surface area contributed by atoms with E-state index in [1.165, 1.54) is 12.1 Å². The Morgan fingerprint density at radius 3 is 2.37 bits per heavy atom. The Morgan fingerprint density at radius 2 is 1.73 bits per heavy atom. The van der Waals surface area contributed by atoms with Crippen molar-refractivity contribution in [3.8, 4) is 0 Å². The molecule has 7 heteroatoms. The fourth-order valence-electron chi connectivity index (χ4n) is 3.70. The van der Waals surface area contributed by atoms with Gasteiger partial charge in [0.25, 0.3) is 5.91 Å². The summed E-state index contributed by atoms with van der Waals surface area (Å²) in [6, 6.07) is 9.40. The number of nitrogens with one attached hydrogen (secondary N) is 1. The van der Waals surface area contributed by atoms with Crippen molar-refractivity contribution in [1.29, 1.82) is 0 Å². The van der Waals surface area contributed by atoms with Crippen LogP contribution in [0.5, 0.6) is 0 Å². The first-order valence-electron chi connectivity index (χ1n) is 10.2. The third-order valence-corrected chi connectivity index (χ3v) is 5.66. The summed E-state index contributed by atoms with van der Waals surface area (Å²) < 4.78 is 41.2. The highest BCUT2D eigenvalue weighted by atomic mass is 19.4. The number of nitrogens with zero attached hydrogens (tertiary/aromatic N) is 2. The number of amides is 1. The molecule has 0 aliphatic carbocycles. The van der Waals surface area contributed by atoms with Gasteiger partial charge in [0.1, 0.15) is 0 Å². The summed E-state index contributed by atoms with van der Waals surface area (Å²) in [7, 11) is 2.00. The van der Waals surface area contributed by atoms with Crippen molar-refractivity contribution in [3.05, 3.63) is 64.2 Å². The van der Waals surface area contributed by atoms with E-state index >= 15 is 0 Å². The van der Waals surface area contributed by atoms with Crippen molar-refractivity contribution in [2.75, 3.05) is 38.5 Å². The third-order valence-electron chi connectivity index (χ3n) is 5.66. The quantitative estimate of drug-likeness (QED) is 0.771. The van der Waals surface area contributed by atoms with Crippen LogP contribution < -0.4 is 5.32 Å². The van der Waals surface area contributed by atoms with Crippen LogP contribution in [0, 0.1) is 6.92 Å². The molecule has 1 saturated heterocycles. The lowest BCUT2D eigenvalue weighted by molar-refractivity contribution is -0.138. The highest BCUT2D eigenvalue weighted by molar-refractivity contribution is 6.04. The Hall–Kier alpha value is -2.38. The largest absolute Gasteiger partial charge is 0.416 e. The molecule has 162 valence electrons. The minimum atomic E-state index is -4.52. The van der Waals surface area contributed by atoms with Crippen molar-refractivity contribution in [2.24, 2.45) is 0 Å². The molecule has 0 bridgehead atoms. The van der Waals surface area contributed by atoms with Crippen molar-refractivity contribution in [3.63, 3.8) is 0 Å². The number of hydrogen-bond acceptors (Lipinski definition) is 3. The molecule has 0 spiro atoms. The molecule has 30 heavy (non-hydrogen) atoms. The van der Waals surface area contributed by atoms with Gasteiger partial charge in [-0.1, -0.05) is 19.1 Å². The number of carbonyl (C=O) groups excluding carboxylic acids is 1. The van der Waals surface area contributed by atoms with Gasteiger partial charge in [0.2, 0.25) is 0 Å². The van der Waals surface area contributed by atoms with Crippen molar-refractivity contribution >= 4 is 11.6 Å². The van der Waals surface area contributed by atoms with Gasteiger partial charge in [-0.3, -0.25) is 9.69 Å². The normalized spacial score (nSPS) is 15.9. The number of carbonyl (C=O) groups is 1. The predicted octanol–water partition coefficient (Wildman–Crippen LogP) is 4.58. The molecular weight excluding hydrogens is 391 g/mol. The maximum absolute atomic E-state index is 13.7. The first-order valence-corrected chi connectivity index (χ1v) is 10.2. The molecular formula is C23H28F3N3O. The number of rotatable bonds is 5. The van der Waals surface area contributed by atoms with E-state index in [2.05, 4.69) is 10.2 Å². The Morgan fingerprint density at radius 1 is 1.03 bits per heavy atom. The van der Waals surface area contributed by atoms with E-state index in [4.69, 9.17) is 0 Å². The molecule has 1 heterocycles. The van der Waals surface area contributed by atoms with Gasteiger partial charge in [0.15, 0.2) is 0 Å². The van der Waals surface area contributed by atoms with E-state index in [9.17, 15) is 18.0 Å². The lowest BCUT2D eigenvalue weighted by Crippen LogP contribution is -2.44. The lowest BCUT2D eigenvalue weighted by Gasteiger charge is -2.33. The van der Waals surface area contributed by atoms with E-state index in [1.807, 2.05) is 37.9 Å². The molecule has 1 fully saturated rings. The number of hydrogen-bond donors (Lipinski definition) is 1. The summed E-state index contributed by atoms with van der Waals surface area (Å²) in [5.74, 6) is -0.544. The summed E-state index contributed by atoms with van der Waals surface area (Å²) in [6.45, 7) is 7.34. The smallest absolute Gasteiger partial charge is 0.322 e. The summed E-state index contributed by atoms with van der Waals surface area (Å²) in [6.07, 6.45) is -3.70. The molecule has 2 aromatic carbocycles. The second kappa shape index (κ2) is 9.18. The number of benzene rings is 2. The maximum atomic E-state index is 13.7.